The largest absolute Gasteiger partial charge is 0.321 e. The van der Waals surface area contributed by atoms with Gasteiger partial charge in [-0.25, -0.2) is 4.57 Å². The van der Waals surface area contributed by atoms with Gasteiger partial charge in [0.2, 0.25) is 5.52 Å². The summed E-state index contributed by atoms with van der Waals surface area (Å²) in [7, 11) is 1.94. The Bertz CT molecular complexity index is 760. The molecule has 0 unspecified atom stereocenters. The number of aryl methyl sites for hydroxylation is 1. The van der Waals surface area contributed by atoms with Crippen molar-refractivity contribution in [1.82, 2.24) is 4.98 Å². The third-order valence-electron chi connectivity index (χ3n) is 3.09. The van der Waals surface area contributed by atoms with Crippen LogP contribution in [0.25, 0.3) is 22.2 Å². The summed E-state index contributed by atoms with van der Waals surface area (Å²) in [6.45, 7) is 0. The number of rotatable bonds is 1. The van der Waals surface area contributed by atoms with E-state index in [1.165, 1.54) is 0 Å². The van der Waals surface area contributed by atoms with Gasteiger partial charge < -0.3 is 4.98 Å². The number of fused-ring (bicyclic) bond motifs is 1. The van der Waals surface area contributed by atoms with E-state index < -0.39 is 0 Å². The molecule has 0 atom stereocenters. The number of aromatic nitrogens is 2. The number of nitrogens with zero attached hydrogens (tertiary/aromatic N) is 1. The highest BCUT2D eigenvalue weighted by Crippen LogP contribution is 2.17. The second-order valence-corrected chi connectivity index (χ2v) is 4.30. The molecular formula is C15H13N2O+. The molecule has 0 amide bonds. The first-order chi connectivity index (χ1) is 8.75. The summed E-state index contributed by atoms with van der Waals surface area (Å²) < 4.78 is 1.96. The fourth-order valence-corrected chi connectivity index (χ4v) is 2.13. The molecule has 3 heteroatoms. The molecule has 0 saturated carbocycles. The van der Waals surface area contributed by atoms with Gasteiger partial charge in [0.25, 0.3) is 5.56 Å². The van der Waals surface area contributed by atoms with Crippen LogP contribution in [0.1, 0.15) is 0 Å². The number of hydrogen-bond acceptors (Lipinski definition) is 1. The first-order valence-corrected chi connectivity index (χ1v) is 5.83. The van der Waals surface area contributed by atoms with Gasteiger partial charge in [0.05, 0.1) is 5.69 Å². The van der Waals surface area contributed by atoms with Crippen LogP contribution in [0.15, 0.2) is 59.5 Å². The summed E-state index contributed by atoms with van der Waals surface area (Å²) in [5.41, 5.74) is 2.73. The minimum atomic E-state index is -0.0532. The Kier molecular flexibility index (Phi) is 2.45. The highest BCUT2D eigenvalue weighted by molar-refractivity contribution is 5.78. The van der Waals surface area contributed by atoms with Crippen molar-refractivity contribution in [3.05, 3.63) is 65.1 Å². The van der Waals surface area contributed by atoms with Crippen molar-refractivity contribution in [1.29, 1.82) is 0 Å². The summed E-state index contributed by atoms with van der Waals surface area (Å²) in [5, 5.41) is 0.708. The molecule has 1 N–H and O–H groups in total. The van der Waals surface area contributed by atoms with Gasteiger partial charge in [0.15, 0.2) is 6.20 Å². The molecule has 0 radical (unpaired) electrons. The summed E-state index contributed by atoms with van der Waals surface area (Å²) >= 11 is 0. The maximum absolute atomic E-state index is 12.1. The van der Waals surface area contributed by atoms with Crippen LogP contribution in [0.3, 0.4) is 0 Å². The number of H-pyrrole nitrogens is 1. The lowest BCUT2D eigenvalue weighted by atomic mass is 10.1. The van der Waals surface area contributed by atoms with E-state index in [0.29, 0.717) is 5.39 Å². The van der Waals surface area contributed by atoms with Gasteiger partial charge in [-0.05, 0) is 11.6 Å². The Balaban J connectivity index is 2.34. The second-order valence-electron chi connectivity index (χ2n) is 4.30. The molecule has 18 heavy (non-hydrogen) atoms. The number of nitrogens with one attached hydrogen (secondary N) is 1. The Hall–Kier alpha value is -2.42. The molecule has 0 aliphatic rings. The summed E-state index contributed by atoms with van der Waals surface area (Å²) in [4.78, 5) is 15.0. The van der Waals surface area contributed by atoms with Crippen LogP contribution in [-0.4, -0.2) is 4.98 Å². The van der Waals surface area contributed by atoms with Gasteiger partial charge in [-0.3, -0.25) is 4.79 Å². The van der Waals surface area contributed by atoms with E-state index in [9.17, 15) is 4.79 Å². The zero-order chi connectivity index (χ0) is 12.5. The SMILES string of the molecule is C[n+]1cccc2c(=O)[nH]c(-c3ccccc3)cc21. The quantitative estimate of drug-likeness (QED) is 0.646. The predicted molar refractivity (Wildman–Crippen MR) is 71.2 cm³/mol. The first kappa shape index (κ1) is 10.7. The van der Waals surface area contributed by atoms with Crippen LogP contribution >= 0.6 is 0 Å². The Morgan fingerprint density at radius 1 is 1.06 bits per heavy atom. The van der Waals surface area contributed by atoms with Crippen molar-refractivity contribution in [2.75, 3.05) is 0 Å². The molecule has 2 heterocycles. The fourth-order valence-electron chi connectivity index (χ4n) is 2.13. The smallest absolute Gasteiger partial charge is 0.262 e. The lowest BCUT2D eigenvalue weighted by molar-refractivity contribution is -0.644. The Labute approximate surface area is 104 Å². The second kappa shape index (κ2) is 4.11. The fraction of sp³-hybridized carbons (Fsp3) is 0.0667. The van der Waals surface area contributed by atoms with E-state index in [2.05, 4.69) is 4.98 Å². The molecule has 2 aromatic heterocycles. The van der Waals surface area contributed by atoms with Crippen LogP contribution in [-0.2, 0) is 7.05 Å². The van der Waals surface area contributed by atoms with E-state index in [4.69, 9.17) is 0 Å². The number of pyridine rings is 2. The van der Waals surface area contributed by atoms with Crippen LogP contribution in [0.2, 0.25) is 0 Å². The maximum Gasteiger partial charge on any atom is 0.262 e. The van der Waals surface area contributed by atoms with E-state index >= 15 is 0 Å². The molecule has 0 aliphatic heterocycles. The number of benzene rings is 1. The zero-order valence-electron chi connectivity index (χ0n) is 10.1. The summed E-state index contributed by atoms with van der Waals surface area (Å²) in [6, 6.07) is 15.6. The molecule has 3 aromatic rings. The van der Waals surface area contributed by atoms with Crippen molar-refractivity contribution < 1.29 is 4.57 Å². The highest BCUT2D eigenvalue weighted by Gasteiger charge is 2.10. The Morgan fingerprint density at radius 2 is 1.83 bits per heavy atom. The lowest BCUT2D eigenvalue weighted by Gasteiger charge is -2.02. The normalized spacial score (nSPS) is 10.7. The standard InChI is InChI=1S/C15H12N2O/c1-17-9-5-8-12-14(17)10-13(16-15(12)18)11-6-3-2-4-7-11/h2-10H,1H3/p+1. The minimum absolute atomic E-state index is 0.0532. The van der Waals surface area contributed by atoms with Gasteiger partial charge in [-0.1, -0.05) is 30.3 Å². The number of hydrogen-bond donors (Lipinski definition) is 1. The third kappa shape index (κ3) is 1.70. The summed E-state index contributed by atoms with van der Waals surface area (Å²) in [5.74, 6) is 0. The Morgan fingerprint density at radius 3 is 2.61 bits per heavy atom. The van der Waals surface area contributed by atoms with Crippen molar-refractivity contribution in [3.63, 3.8) is 0 Å². The van der Waals surface area contributed by atoms with E-state index in [1.807, 2.05) is 66.3 Å². The van der Waals surface area contributed by atoms with Crippen molar-refractivity contribution >= 4 is 10.9 Å². The average Bonchev–Trinajstić information content (AvgIpc) is 2.41. The molecule has 0 fully saturated rings. The molecule has 3 rings (SSSR count). The topological polar surface area (TPSA) is 36.7 Å². The van der Waals surface area contributed by atoms with Crippen molar-refractivity contribution in [2.45, 2.75) is 0 Å². The van der Waals surface area contributed by atoms with E-state index in [1.54, 1.807) is 0 Å². The molecule has 88 valence electrons. The molecular weight excluding hydrogens is 224 g/mol. The van der Waals surface area contributed by atoms with Gasteiger partial charge >= 0.3 is 0 Å². The van der Waals surface area contributed by atoms with Crippen LogP contribution < -0.4 is 10.1 Å². The minimum Gasteiger partial charge on any atom is -0.321 e. The molecule has 0 bridgehead atoms. The van der Waals surface area contributed by atoms with Crippen molar-refractivity contribution in [2.24, 2.45) is 7.05 Å². The van der Waals surface area contributed by atoms with E-state index in [0.717, 1.165) is 16.8 Å². The van der Waals surface area contributed by atoms with Gasteiger partial charge in [0.1, 0.15) is 12.4 Å². The average molecular weight is 237 g/mol. The molecule has 0 spiro atoms. The van der Waals surface area contributed by atoms with Crippen molar-refractivity contribution in [3.8, 4) is 11.3 Å². The van der Waals surface area contributed by atoms with Crippen LogP contribution in [0, 0.1) is 0 Å². The van der Waals surface area contributed by atoms with Crippen LogP contribution in [0.5, 0.6) is 0 Å². The summed E-state index contributed by atoms with van der Waals surface area (Å²) in [6.07, 6.45) is 1.94. The van der Waals surface area contributed by atoms with Gasteiger partial charge in [-0.15, -0.1) is 0 Å². The van der Waals surface area contributed by atoms with Gasteiger partial charge in [-0.2, -0.15) is 0 Å². The molecule has 0 aliphatic carbocycles. The predicted octanol–water partition coefficient (Wildman–Crippen LogP) is 2.02. The third-order valence-corrected chi connectivity index (χ3v) is 3.09. The maximum atomic E-state index is 12.1. The molecule has 0 saturated heterocycles. The highest BCUT2D eigenvalue weighted by atomic mass is 16.1. The van der Waals surface area contributed by atoms with E-state index in [-0.39, 0.29) is 5.56 Å². The molecule has 1 aromatic carbocycles. The number of aromatic amines is 1. The first-order valence-electron chi connectivity index (χ1n) is 5.83. The van der Waals surface area contributed by atoms with Gasteiger partial charge in [0, 0.05) is 12.1 Å². The lowest BCUT2D eigenvalue weighted by Crippen LogP contribution is -2.30. The molecule has 3 nitrogen and oxygen atoms in total. The zero-order valence-corrected chi connectivity index (χ0v) is 10.1. The van der Waals surface area contributed by atoms with Crippen LogP contribution in [0.4, 0.5) is 0 Å². The monoisotopic (exact) mass is 237 g/mol.